The number of aromatic nitrogens is 3. The molecule has 1 aromatic heterocycles. The fourth-order valence-electron chi connectivity index (χ4n) is 1.67. The number of hydrogen-bond donors (Lipinski definition) is 2. The number of methoxy groups -OCH3 is 1. The van der Waals surface area contributed by atoms with Gasteiger partial charge in [-0.2, -0.15) is 0 Å². The summed E-state index contributed by atoms with van der Waals surface area (Å²) in [4.78, 5) is 16.1. The van der Waals surface area contributed by atoms with Crippen molar-refractivity contribution in [3.63, 3.8) is 0 Å². The van der Waals surface area contributed by atoms with Gasteiger partial charge in [-0.05, 0) is 18.6 Å². The molecule has 2 N–H and O–H groups in total. The van der Waals surface area contributed by atoms with Crippen LogP contribution in [-0.2, 0) is 6.42 Å². The van der Waals surface area contributed by atoms with E-state index in [1.54, 1.807) is 19.2 Å². The van der Waals surface area contributed by atoms with Crippen molar-refractivity contribution in [1.29, 1.82) is 0 Å². The lowest BCUT2D eigenvalue weighted by Crippen LogP contribution is -2.14. The summed E-state index contributed by atoms with van der Waals surface area (Å²) in [5.74, 6) is 1.09. The number of carbonyl (C=O) groups excluding carboxylic acids is 1. The minimum atomic E-state index is -0.358. The lowest BCUT2D eigenvalue weighted by atomic mass is 10.3. The fourth-order valence-corrected chi connectivity index (χ4v) is 1.67. The van der Waals surface area contributed by atoms with Crippen LogP contribution in [0.3, 0.4) is 0 Å². The molecule has 0 saturated carbocycles. The van der Waals surface area contributed by atoms with Crippen molar-refractivity contribution in [3.05, 3.63) is 35.9 Å². The minimum Gasteiger partial charge on any atom is -0.495 e. The van der Waals surface area contributed by atoms with Gasteiger partial charge in [0, 0.05) is 6.42 Å². The molecule has 0 aliphatic heterocycles. The van der Waals surface area contributed by atoms with E-state index in [9.17, 15) is 4.79 Å². The van der Waals surface area contributed by atoms with Crippen molar-refractivity contribution in [3.8, 4) is 5.75 Å². The van der Waals surface area contributed by atoms with E-state index in [1.165, 1.54) is 0 Å². The number of anilines is 1. The molecule has 19 heavy (non-hydrogen) atoms. The number of nitrogens with one attached hydrogen (secondary N) is 2. The summed E-state index contributed by atoms with van der Waals surface area (Å²) >= 11 is 0. The van der Waals surface area contributed by atoms with Crippen molar-refractivity contribution in [1.82, 2.24) is 15.2 Å². The Morgan fingerprint density at radius 3 is 2.95 bits per heavy atom. The summed E-state index contributed by atoms with van der Waals surface area (Å²) in [6.45, 7) is 2.04. The van der Waals surface area contributed by atoms with Crippen LogP contribution in [0, 0.1) is 0 Å². The first kappa shape index (κ1) is 13.1. The average molecular weight is 260 g/mol. The molecule has 6 nitrogen and oxygen atoms in total. The van der Waals surface area contributed by atoms with Gasteiger partial charge in [-0.15, -0.1) is 5.10 Å². The smallest absolute Gasteiger partial charge is 0.295 e. The summed E-state index contributed by atoms with van der Waals surface area (Å²) < 4.78 is 5.16. The normalized spacial score (nSPS) is 10.2. The van der Waals surface area contributed by atoms with Crippen molar-refractivity contribution in [2.75, 3.05) is 12.4 Å². The van der Waals surface area contributed by atoms with Gasteiger partial charge >= 0.3 is 0 Å². The van der Waals surface area contributed by atoms with Gasteiger partial charge in [0.05, 0.1) is 12.8 Å². The van der Waals surface area contributed by atoms with Crippen LogP contribution in [-0.4, -0.2) is 28.2 Å². The predicted octanol–water partition coefficient (Wildman–Crippen LogP) is 2.02. The van der Waals surface area contributed by atoms with Gasteiger partial charge in [0.25, 0.3) is 5.91 Å². The Balaban J connectivity index is 2.11. The second kappa shape index (κ2) is 5.99. The maximum atomic E-state index is 12.0. The zero-order chi connectivity index (χ0) is 13.7. The lowest BCUT2D eigenvalue weighted by molar-refractivity contribution is 0.101. The number of hydrogen-bond acceptors (Lipinski definition) is 4. The number of amides is 1. The van der Waals surface area contributed by atoms with Crippen LogP contribution in [0.25, 0.3) is 0 Å². The van der Waals surface area contributed by atoms with Gasteiger partial charge in [-0.1, -0.05) is 19.1 Å². The van der Waals surface area contributed by atoms with E-state index in [1.807, 2.05) is 19.1 Å². The molecule has 0 unspecified atom stereocenters. The second-order valence-corrected chi connectivity index (χ2v) is 4.01. The summed E-state index contributed by atoms with van der Waals surface area (Å²) in [6.07, 6.45) is 1.72. The molecule has 0 spiro atoms. The van der Waals surface area contributed by atoms with E-state index in [0.29, 0.717) is 17.3 Å². The zero-order valence-electron chi connectivity index (χ0n) is 10.9. The number of para-hydroxylation sites is 2. The van der Waals surface area contributed by atoms with Crippen molar-refractivity contribution in [2.24, 2.45) is 0 Å². The molecule has 1 amide bonds. The van der Waals surface area contributed by atoms with Gasteiger partial charge < -0.3 is 10.1 Å². The Hall–Kier alpha value is -2.37. The molecule has 6 heteroatoms. The Labute approximate surface area is 111 Å². The number of rotatable bonds is 5. The molecule has 0 aliphatic carbocycles. The summed E-state index contributed by atoms with van der Waals surface area (Å²) in [7, 11) is 1.55. The Bertz CT molecular complexity index is 565. The molecule has 2 rings (SSSR count). The minimum absolute atomic E-state index is 0.134. The van der Waals surface area contributed by atoms with Gasteiger partial charge in [0.1, 0.15) is 11.6 Å². The van der Waals surface area contributed by atoms with Gasteiger partial charge in [0.15, 0.2) is 0 Å². The first-order valence-corrected chi connectivity index (χ1v) is 6.10. The molecule has 0 aliphatic rings. The monoisotopic (exact) mass is 260 g/mol. The average Bonchev–Trinajstić information content (AvgIpc) is 2.88. The molecule has 2 aromatic rings. The van der Waals surface area contributed by atoms with Crippen LogP contribution >= 0.6 is 0 Å². The van der Waals surface area contributed by atoms with E-state index in [4.69, 9.17) is 4.74 Å². The van der Waals surface area contributed by atoms with E-state index in [0.717, 1.165) is 12.8 Å². The molecule has 0 bridgehead atoms. The number of carbonyl (C=O) groups is 1. The number of benzene rings is 1. The molecule has 0 fully saturated rings. The van der Waals surface area contributed by atoms with E-state index < -0.39 is 0 Å². The third-order valence-electron chi connectivity index (χ3n) is 2.58. The summed E-state index contributed by atoms with van der Waals surface area (Å²) in [6, 6.07) is 7.19. The number of nitrogens with zero attached hydrogens (tertiary/aromatic N) is 2. The first-order valence-electron chi connectivity index (χ1n) is 6.10. The van der Waals surface area contributed by atoms with Gasteiger partial charge in [-0.3, -0.25) is 9.89 Å². The maximum Gasteiger partial charge on any atom is 0.295 e. The molecular weight excluding hydrogens is 244 g/mol. The van der Waals surface area contributed by atoms with Gasteiger partial charge in [0.2, 0.25) is 5.82 Å². The third kappa shape index (κ3) is 3.09. The standard InChI is InChI=1S/C13H16N4O2/c1-3-6-11-15-12(17-16-11)13(18)14-9-7-4-5-8-10(9)19-2/h4-5,7-8H,3,6H2,1-2H3,(H,14,18)(H,15,16,17). The summed E-state index contributed by atoms with van der Waals surface area (Å²) in [5, 5.41) is 9.37. The van der Waals surface area contributed by atoms with Crippen LogP contribution in [0.15, 0.2) is 24.3 Å². The van der Waals surface area contributed by atoms with Crippen LogP contribution < -0.4 is 10.1 Å². The van der Waals surface area contributed by atoms with Crippen molar-refractivity contribution in [2.45, 2.75) is 19.8 Å². The topological polar surface area (TPSA) is 79.9 Å². The van der Waals surface area contributed by atoms with Crippen molar-refractivity contribution < 1.29 is 9.53 Å². The quantitative estimate of drug-likeness (QED) is 0.861. The van der Waals surface area contributed by atoms with Crippen LogP contribution in [0.2, 0.25) is 0 Å². The summed E-state index contributed by atoms with van der Waals surface area (Å²) in [5.41, 5.74) is 0.594. The highest BCUT2D eigenvalue weighted by Gasteiger charge is 2.14. The van der Waals surface area contributed by atoms with E-state index in [2.05, 4.69) is 20.5 Å². The fraction of sp³-hybridized carbons (Fsp3) is 0.308. The molecule has 0 atom stereocenters. The highest BCUT2D eigenvalue weighted by atomic mass is 16.5. The number of H-pyrrole nitrogens is 1. The largest absolute Gasteiger partial charge is 0.495 e. The predicted molar refractivity (Wildman–Crippen MR) is 71.3 cm³/mol. The van der Waals surface area contributed by atoms with Crippen LogP contribution in [0.5, 0.6) is 5.75 Å². The van der Waals surface area contributed by atoms with E-state index in [-0.39, 0.29) is 11.7 Å². The molecule has 0 radical (unpaired) electrons. The molecule has 1 heterocycles. The van der Waals surface area contributed by atoms with E-state index >= 15 is 0 Å². The van der Waals surface area contributed by atoms with Crippen molar-refractivity contribution >= 4 is 11.6 Å². The first-order chi connectivity index (χ1) is 9.24. The van der Waals surface area contributed by atoms with Crippen LogP contribution in [0.4, 0.5) is 5.69 Å². The number of aromatic amines is 1. The lowest BCUT2D eigenvalue weighted by Gasteiger charge is -2.07. The SMILES string of the molecule is CCCc1nc(C(=O)Nc2ccccc2OC)n[nH]1. The number of ether oxygens (including phenoxy) is 1. The highest BCUT2D eigenvalue weighted by molar-refractivity contribution is 6.02. The third-order valence-corrected chi connectivity index (χ3v) is 2.58. The highest BCUT2D eigenvalue weighted by Crippen LogP contribution is 2.23. The second-order valence-electron chi connectivity index (χ2n) is 4.01. The maximum absolute atomic E-state index is 12.0. The Kier molecular flexibility index (Phi) is 4.12. The van der Waals surface area contributed by atoms with Gasteiger partial charge in [-0.25, -0.2) is 4.98 Å². The Morgan fingerprint density at radius 2 is 2.21 bits per heavy atom. The number of aryl methyl sites for hydroxylation is 1. The van der Waals surface area contributed by atoms with Crippen LogP contribution in [0.1, 0.15) is 29.8 Å². The molecule has 1 aromatic carbocycles. The zero-order valence-corrected chi connectivity index (χ0v) is 10.9. The molecule has 100 valence electrons. The Morgan fingerprint density at radius 1 is 1.42 bits per heavy atom. The molecule has 0 saturated heterocycles. The molecular formula is C13H16N4O2.